The molecule has 7 nitrogen and oxygen atoms in total. The van der Waals surface area contributed by atoms with Gasteiger partial charge in [0, 0.05) is 18.7 Å². The molecule has 0 aliphatic carbocycles. The lowest BCUT2D eigenvalue weighted by molar-refractivity contribution is -0.123. The SMILES string of the molecule is Cc1ccc(S(=O)(=O)NC(CC(C)C)C(=O)NCCNC(=O)c2ccccc2)cc1. The van der Waals surface area contributed by atoms with Crippen LogP contribution in [0.4, 0.5) is 0 Å². The third-order valence-corrected chi connectivity index (χ3v) is 5.89. The van der Waals surface area contributed by atoms with Gasteiger partial charge in [0.2, 0.25) is 15.9 Å². The van der Waals surface area contributed by atoms with Gasteiger partial charge < -0.3 is 10.6 Å². The van der Waals surface area contributed by atoms with Gasteiger partial charge in [-0.05, 0) is 43.5 Å². The summed E-state index contributed by atoms with van der Waals surface area (Å²) in [5, 5.41) is 5.42. The molecule has 1 unspecified atom stereocenters. The number of benzene rings is 2. The standard InChI is InChI=1S/C22H29N3O4S/c1-16(2)15-20(25-30(28,29)19-11-9-17(3)10-12-19)22(27)24-14-13-23-21(26)18-7-5-4-6-8-18/h4-12,16,20,25H,13-15H2,1-3H3,(H,23,26)(H,24,27). The van der Waals surface area contributed by atoms with E-state index in [-0.39, 0.29) is 29.8 Å². The summed E-state index contributed by atoms with van der Waals surface area (Å²) in [5.41, 5.74) is 1.48. The zero-order chi connectivity index (χ0) is 22.1. The van der Waals surface area contributed by atoms with Crippen LogP contribution in [0.15, 0.2) is 59.5 Å². The zero-order valence-corrected chi connectivity index (χ0v) is 18.3. The van der Waals surface area contributed by atoms with Gasteiger partial charge in [-0.2, -0.15) is 4.72 Å². The Hall–Kier alpha value is -2.71. The fourth-order valence-corrected chi connectivity index (χ4v) is 4.04. The number of aryl methyl sites for hydroxylation is 1. The van der Waals surface area contributed by atoms with Crippen LogP contribution in [-0.4, -0.2) is 39.4 Å². The molecule has 0 heterocycles. The number of sulfonamides is 1. The molecule has 0 spiro atoms. The summed E-state index contributed by atoms with van der Waals surface area (Å²) in [7, 11) is -3.83. The van der Waals surface area contributed by atoms with E-state index in [0.717, 1.165) is 5.56 Å². The highest BCUT2D eigenvalue weighted by Gasteiger charge is 2.26. The van der Waals surface area contributed by atoms with Crippen molar-refractivity contribution >= 4 is 21.8 Å². The smallest absolute Gasteiger partial charge is 0.251 e. The summed E-state index contributed by atoms with van der Waals surface area (Å²) in [6.07, 6.45) is 0.354. The normalized spacial score (nSPS) is 12.4. The van der Waals surface area contributed by atoms with Crippen LogP contribution in [0.1, 0.15) is 36.2 Å². The third-order valence-electron chi connectivity index (χ3n) is 4.40. The molecule has 8 heteroatoms. The fraction of sp³-hybridized carbons (Fsp3) is 0.364. The van der Waals surface area contributed by atoms with E-state index >= 15 is 0 Å². The van der Waals surface area contributed by atoms with Crippen molar-refractivity contribution in [2.45, 2.75) is 38.1 Å². The van der Waals surface area contributed by atoms with Crippen LogP contribution >= 0.6 is 0 Å². The van der Waals surface area contributed by atoms with E-state index in [9.17, 15) is 18.0 Å². The van der Waals surface area contributed by atoms with Crippen LogP contribution in [0, 0.1) is 12.8 Å². The van der Waals surface area contributed by atoms with Gasteiger partial charge in [0.15, 0.2) is 0 Å². The monoisotopic (exact) mass is 431 g/mol. The van der Waals surface area contributed by atoms with Crippen LogP contribution in [0.2, 0.25) is 0 Å². The summed E-state index contributed by atoms with van der Waals surface area (Å²) < 4.78 is 27.8. The molecular formula is C22H29N3O4S. The van der Waals surface area contributed by atoms with E-state index in [1.807, 2.05) is 26.8 Å². The molecule has 3 N–H and O–H groups in total. The molecule has 162 valence electrons. The molecular weight excluding hydrogens is 402 g/mol. The second kappa shape index (κ2) is 10.9. The molecule has 0 saturated carbocycles. The van der Waals surface area contributed by atoms with Crippen molar-refractivity contribution < 1.29 is 18.0 Å². The van der Waals surface area contributed by atoms with Gasteiger partial charge in [0.05, 0.1) is 4.90 Å². The Kier molecular flexibility index (Phi) is 8.56. The lowest BCUT2D eigenvalue weighted by Crippen LogP contribution is -2.48. The topological polar surface area (TPSA) is 104 Å². The number of carbonyl (C=O) groups excluding carboxylic acids is 2. The van der Waals surface area contributed by atoms with Crippen molar-refractivity contribution in [3.05, 3.63) is 65.7 Å². The quantitative estimate of drug-likeness (QED) is 0.502. The average Bonchev–Trinajstić information content (AvgIpc) is 2.71. The molecule has 0 fully saturated rings. The number of nitrogens with one attached hydrogen (secondary N) is 3. The highest BCUT2D eigenvalue weighted by molar-refractivity contribution is 7.89. The van der Waals surface area contributed by atoms with Crippen LogP contribution in [0.3, 0.4) is 0 Å². The van der Waals surface area contributed by atoms with E-state index in [2.05, 4.69) is 15.4 Å². The van der Waals surface area contributed by atoms with Crippen molar-refractivity contribution in [2.75, 3.05) is 13.1 Å². The van der Waals surface area contributed by atoms with E-state index in [1.165, 1.54) is 12.1 Å². The van der Waals surface area contributed by atoms with Crippen molar-refractivity contribution in [1.82, 2.24) is 15.4 Å². The Morgan fingerprint density at radius 3 is 2.10 bits per heavy atom. The number of carbonyl (C=O) groups is 2. The van der Waals surface area contributed by atoms with E-state index in [0.29, 0.717) is 12.0 Å². The minimum Gasteiger partial charge on any atom is -0.353 e. The van der Waals surface area contributed by atoms with Crippen LogP contribution in [-0.2, 0) is 14.8 Å². The molecule has 0 bridgehead atoms. The number of amides is 2. The van der Waals surface area contributed by atoms with Crippen molar-refractivity contribution in [1.29, 1.82) is 0 Å². The van der Waals surface area contributed by atoms with Crippen LogP contribution in [0.25, 0.3) is 0 Å². The number of hydrogen-bond donors (Lipinski definition) is 3. The molecule has 30 heavy (non-hydrogen) atoms. The molecule has 2 rings (SSSR count). The first kappa shape index (κ1) is 23.6. The van der Waals surface area contributed by atoms with Crippen LogP contribution in [0.5, 0.6) is 0 Å². The number of rotatable bonds is 10. The number of hydrogen-bond acceptors (Lipinski definition) is 4. The highest BCUT2D eigenvalue weighted by atomic mass is 32.2. The lowest BCUT2D eigenvalue weighted by atomic mass is 10.0. The fourth-order valence-electron chi connectivity index (χ4n) is 2.83. The molecule has 2 aromatic rings. The lowest BCUT2D eigenvalue weighted by Gasteiger charge is -2.20. The van der Waals surface area contributed by atoms with Gasteiger partial charge in [0.1, 0.15) is 6.04 Å². The van der Waals surface area contributed by atoms with Gasteiger partial charge in [0.25, 0.3) is 5.91 Å². The molecule has 0 radical (unpaired) electrons. The highest BCUT2D eigenvalue weighted by Crippen LogP contribution is 2.13. The second-order valence-corrected chi connectivity index (χ2v) is 9.24. The summed E-state index contributed by atoms with van der Waals surface area (Å²) in [5.74, 6) is -0.545. The Bertz CT molecular complexity index is 942. The van der Waals surface area contributed by atoms with Crippen molar-refractivity contribution in [2.24, 2.45) is 5.92 Å². The van der Waals surface area contributed by atoms with Gasteiger partial charge in [-0.25, -0.2) is 8.42 Å². The Balaban J connectivity index is 1.93. The second-order valence-electron chi connectivity index (χ2n) is 7.53. The first-order chi connectivity index (χ1) is 14.2. The van der Waals surface area contributed by atoms with Gasteiger partial charge >= 0.3 is 0 Å². The summed E-state index contributed by atoms with van der Waals surface area (Å²) in [6, 6.07) is 14.3. The van der Waals surface area contributed by atoms with Gasteiger partial charge in [-0.15, -0.1) is 0 Å². The Morgan fingerprint density at radius 1 is 0.900 bits per heavy atom. The maximum atomic E-state index is 12.7. The van der Waals surface area contributed by atoms with Gasteiger partial charge in [-0.1, -0.05) is 49.7 Å². The zero-order valence-electron chi connectivity index (χ0n) is 17.5. The van der Waals surface area contributed by atoms with E-state index in [4.69, 9.17) is 0 Å². The molecule has 0 aromatic heterocycles. The maximum absolute atomic E-state index is 12.7. The minimum atomic E-state index is -3.83. The molecule has 0 saturated heterocycles. The molecule has 0 aliphatic rings. The van der Waals surface area contributed by atoms with Crippen molar-refractivity contribution in [3.8, 4) is 0 Å². The summed E-state index contributed by atoms with van der Waals surface area (Å²) in [6.45, 7) is 6.13. The van der Waals surface area contributed by atoms with Gasteiger partial charge in [-0.3, -0.25) is 9.59 Å². The van der Waals surface area contributed by atoms with E-state index < -0.39 is 22.0 Å². The molecule has 2 amide bonds. The summed E-state index contributed by atoms with van der Waals surface area (Å²) in [4.78, 5) is 24.7. The molecule has 2 aromatic carbocycles. The molecule has 1 atom stereocenters. The summed E-state index contributed by atoms with van der Waals surface area (Å²) >= 11 is 0. The van der Waals surface area contributed by atoms with Crippen LogP contribution < -0.4 is 15.4 Å². The third kappa shape index (κ3) is 7.27. The maximum Gasteiger partial charge on any atom is 0.251 e. The van der Waals surface area contributed by atoms with Crippen molar-refractivity contribution in [3.63, 3.8) is 0 Å². The Morgan fingerprint density at radius 2 is 1.50 bits per heavy atom. The first-order valence-corrected chi connectivity index (χ1v) is 11.4. The van der Waals surface area contributed by atoms with E-state index in [1.54, 1.807) is 36.4 Å². The Labute approximate surface area is 178 Å². The largest absolute Gasteiger partial charge is 0.353 e. The average molecular weight is 432 g/mol. The minimum absolute atomic E-state index is 0.110. The predicted molar refractivity (Wildman–Crippen MR) is 117 cm³/mol. The first-order valence-electron chi connectivity index (χ1n) is 9.89. The predicted octanol–water partition coefficient (Wildman–Crippen LogP) is 2.23. The molecule has 0 aliphatic heterocycles.